The van der Waals surface area contributed by atoms with Crippen LogP contribution in [0.4, 0.5) is 11.4 Å². The third kappa shape index (κ3) is 3.33. The lowest BCUT2D eigenvalue weighted by atomic mass is 10.1. The Morgan fingerprint density at radius 3 is 2.36 bits per heavy atom. The SMILES string of the molecule is COc1cc(Nc2cc(C)nc3c(C(=O)O)cccc23)cc(OC)c1. The first-order valence-corrected chi connectivity index (χ1v) is 7.65. The van der Waals surface area contributed by atoms with Gasteiger partial charge in [-0.3, -0.25) is 4.98 Å². The highest BCUT2D eigenvalue weighted by Gasteiger charge is 2.13. The number of aromatic carboxylic acids is 1. The van der Waals surface area contributed by atoms with Gasteiger partial charge in [0.2, 0.25) is 0 Å². The van der Waals surface area contributed by atoms with Gasteiger partial charge in [-0.2, -0.15) is 0 Å². The topological polar surface area (TPSA) is 80.7 Å². The lowest BCUT2D eigenvalue weighted by Gasteiger charge is -2.14. The minimum atomic E-state index is -1.00. The molecular weight excluding hydrogens is 320 g/mol. The highest BCUT2D eigenvalue weighted by atomic mass is 16.5. The number of aromatic nitrogens is 1. The molecule has 0 aliphatic rings. The summed E-state index contributed by atoms with van der Waals surface area (Å²) in [4.78, 5) is 15.9. The van der Waals surface area contributed by atoms with Crippen LogP contribution in [0.25, 0.3) is 10.9 Å². The van der Waals surface area contributed by atoms with Crippen LogP contribution < -0.4 is 14.8 Å². The van der Waals surface area contributed by atoms with Gasteiger partial charge >= 0.3 is 5.97 Å². The van der Waals surface area contributed by atoms with Gasteiger partial charge in [0, 0.05) is 40.7 Å². The fourth-order valence-electron chi connectivity index (χ4n) is 2.69. The first kappa shape index (κ1) is 16.6. The number of pyridine rings is 1. The van der Waals surface area contributed by atoms with E-state index < -0.39 is 5.97 Å². The molecule has 0 saturated heterocycles. The largest absolute Gasteiger partial charge is 0.497 e. The maximum absolute atomic E-state index is 11.5. The summed E-state index contributed by atoms with van der Waals surface area (Å²) in [7, 11) is 3.17. The Kier molecular flexibility index (Phi) is 4.43. The quantitative estimate of drug-likeness (QED) is 0.732. The van der Waals surface area contributed by atoms with Gasteiger partial charge in [0.1, 0.15) is 11.5 Å². The molecule has 0 saturated carbocycles. The Morgan fingerprint density at radius 1 is 1.08 bits per heavy atom. The molecule has 0 bridgehead atoms. The Bertz CT molecular complexity index is 931. The number of benzene rings is 2. The second-order valence-electron chi connectivity index (χ2n) is 5.54. The summed E-state index contributed by atoms with van der Waals surface area (Å²) in [6.45, 7) is 1.83. The summed E-state index contributed by atoms with van der Waals surface area (Å²) in [5.74, 6) is 0.309. The van der Waals surface area contributed by atoms with Crippen molar-refractivity contribution in [2.75, 3.05) is 19.5 Å². The van der Waals surface area contributed by atoms with Crippen LogP contribution in [-0.2, 0) is 0 Å². The number of anilines is 2. The van der Waals surface area contributed by atoms with Gasteiger partial charge in [-0.25, -0.2) is 4.79 Å². The average Bonchev–Trinajstić information content (AvgIpc) is 2.60. The van der Waals surface area contributed by atoms with Crippen molar-refractivity contribution < 1.29 is 19.4 Å². The van der Waals surface area contributed by atoms with E-state index in [1.807, 2.05) is 31.2 Å². The minimum Gasteiger partial charge on any atom is -0.497 e. The third-order valence-electron chi connectivity index (χ3n) is 3.83. The molecule has 2 aromatic carbocycles. The van der Waals surface area contributed by atoms with Crippen molar-refractivity contribution in [1.82, 2.24) is 4.98 Å². The van der Waals surface area contributed by atoms with E-state index >= 15 is 0 Å². The van der Waals surface area contributed by atoms with Crippen LogP contribution in [0, 0.1) is 6.92 Å². The lowest BCUT2D eigenvalue weighted by molar-refractivity contribution is 0.0699. The van der Waals surface area contributed by atoms with Gasteiger partial charge in [-0.1, -0.05) is 12.1 Å². The molecule has 0 fully saturated rings. The first-order chi connectivity index (χ1) is 12.0. The number of hydrogen-bond acceptors (Lipinski definition) is 5. The van der Waals surface area contributed by atoms with E-state index in [1.54, 1.807) is 32.4 Å². The van der Waals surface area contributed by atoms with Crippen LogP contribution >= 0.6 is 0 Å². The van der Waals surface area contributed by atoms with Crippen LogP contribution in [0.3, 0.4) is 0 Å². The maximum atomic E-state index is 11.5. The van der Waals surface area contributed by atoms with Crippen molar-refractivity contribution in [3.63, 3.8) is 0 Å². The number of carboxylic acids is 1. The Morgan fingerprint density at radius 2 is 1.76 bits per heavy atom. The number of aryl methyl sites for hydroxylation is 1. The van der Waals surface area contributed by atoms with Crippen molar-refractivity contribution in [3.05, 3.63) is 53.7 Å². The zero-order chi connectivity index (χ0) is 18.0. The lowest BCUT2D eigenvalue weighted by Crippen LogP contribution is -2.02. The number of carbonyl (C=O) groups is 1. The molecule has 0 amide bonds. The number of carboxylic acid groups (broad SMARTS) is 1. The van der Waals surface area contributed by atoms with Crippen LogP contribution in [0.1, 0.15) is 16.1 Å². The molecule has 1 aromatic heterocycles. The molecule has 128 valence electrons. The molecule has 0 radical (unpaired) electrons. The second kappa shape index (κ2) is 6.68. The van der Waals surface area contributed by atoms with E-state index in [4.69, 9.17) is 9.47 Å². The Balaban J connectivity index is 2.14. The summed E-state index contributed by atoms with van der Waals surface area (Å²) < 4.78 is 10.6. The van der Waals surface area contributed by atoms with Gasteiger partial charge in [0.15, 0.2) is 0 Å². The zero-order valence-electron chi connectivity index (χ0n) is 14.2. The Hall–Kier alpha value is -3.28. The van der Waals surface area contributed by atoms with E-state index in [2.05, 4.69) is 10.3 Å². The molecule has 6 nitrogen and oxygen atoms in total. The van der Waals surface area contributed by atoms with Crippen LogP contribution in [0.15, 0.2) is 42.5 Å². The molecular formula is C19H18N2O4. The summed E-state index contributed by atoms with van der Waals surface area (Å²) in [5.41, 5.74) is 2.88. The number of ether oxygens (including phenoxy) is 2. The van der Waals surface area contributed by atoms with Gasteiger partial charge in [0.05, 0.1) is 25.3 Å². The van der Waals surface area contributed by atoms with Crippen LogP contribution in [0.5, 0.6) is 11.5 Å². The summed E-state index contributed by atoms with van der Waals surface area (Å²) >= 11 is 0. The summed E-state index contributed by atoms with van der Waals surface area (Å²) in [5, 5.41) is 13.4. The van der Waals surface area contributed by atoms with Gasteiger partial charge < -0.3 is 19.9 Å². The summed E-state index contributed by atoms with van der Waals surface area (Å²) in [6, 6.07) is 12.4. The predicted octanol–water partition coefficient (Wildman–Crippen LogP) is 4.00. The molecule has 0 unspecified atom stereocenters. The number of nitrogens with zero attached hydrogens (tertiary/aromatic N) is 1. The maximum Gasteiger partial charge on any atom is 0.337 e. The van der Waals surface area contributed by atoms with Crippen molar-refractivity contribution >= 4 is 28.2 Å². The van der Waals surface area contributed by atoms with Crippen molar-refractivity contribution in [2.45, 2.75) is 6.92 Å². The Labute approximate surface area is 145 Å². The fraction of sp³-hybridized carbons (Fsp3) is 0.158. The standard InChI is InChI=1S/C19H18N2O4/c1-11-7-17(15-5-4-6-16(19(22)23)18(15)20-11)21-12-8-13(24-2)10-14(9-12)25-3/h4-10H,1-3H3,(H,20,21)(H,22,23). The number of para-hydroxylation sites is 1. The molecule has 6 heteroatoms. The molecule has 1 heterocycles. The van der Waals surface area contributed by atoms with Crippen LogP contribution in [-0.4, -0.2) is 30.3 Å². The number of methoxy groups -OCH3 is 2. The summed E-state index contributed by atoms with van der Waals surface area (Å²) in [6.07, 6.45) is 0. The zero-order valence-corrected chi connectivity index (χ0v) is 14.2. The molecule has 0 spiro atoms. The normalized spacial score (nSPS) is 10.5. The van der Waals surface area contributed by atoms with Crippen molar-refractivity contribution in [3.8, 4) is 11.5 Å². The fourth-order valence-corrected chi connectivity index (χ4v) is 2.69. The van der Waals surface area contributed by atoms with E-state index in [0.717, 1.165) is 22.5 Å². The predicted molar refractivity (Wildman–Crippen MR) is 96.3 cm³/mol. The van der Waals surface area contributed by atoms with Gasteiger partial charge in [-0.05, 0) is 19.1 Å². The molecule has 2 N–H and O–H groups in total. The molecule has 3 rings (SSSR count). The van der Waals surface area contributed by atoms with Gasteiger partial charge in [-0.15, -0.1) is 0 Å². The van der Waals surface area contributed by atoms with E-state index in [0.29, 0.717) is 17.0 Å². The molecule has 0 aliphatic heterocycles. The van der Waals surface area contributed by atoms with Gasteiger partial charge in [0.25, 0.3) is 0 Å². The molecule has 0 aliphatic carbocycles. The molecule has 0 atom stereocenters. The van der Waals surface area contributed by atoms with Crippen LogP contribution in [0.2, 0.25) is 0 Å². The monoisotopic (exact) mass is 338 g/mol. The highest BCUT2D eigenvalue weighted by Crippen LogP contribution is 2.32. The number of rotatable bonds is 5. The van der Waals surface area contributed by atoms with E-state index in [9.17, 15) is 9.90 Å². The van der Waals surface area contributed by atoms with E-state index in [-0.39, 0.29) is 5.56 Å². The number of fused-ring (bicyclic) bond motifs is 1. The second-order valence-corrected chi connectivity index (χ2v) is 5.54. The first-order valence-electron chi connectivity index (χ1n) is 7.65. The minimum absolute atomic E-state index is 0.174. The molecule has 3 aromatic rings. The highest BCUT2D eigenvalue weighted by molar-refractivity contribution is 6.06. The van der Waals surface area contributed by atoms with E-state index in [1.165, 1.54) is 0 Å². The smallest absolute Gasteiger partial charge is 0.337 e. The third-order valence-corrected chi connectivity index (χ3v) is 3.83. The molecule has 25 heavy (non-hydrogen) atoms. The number of hydrogen-bond donors (Lipinski definition) is 2. The van der Waals surface area contributed by atoms with Crippen molar-refractivity contribution in [1.29, 1.82) is 0 Å². The van der Waals surface area contributed by atoms with Crippen molar-refractivity contribution in [2.24, 2.45) is 0 Å². The average molecular weight is 338 g/mol. The number of nitrogens with one attached hydrogen (secondary N) is 1.